The number of imidazole rings is 1. The van der Waals surface area contributed by atoms with E-state index in [4.69, 9.17) is 0 Å². The number of nitrogens with zero attached hydrogens (tertiary/aromatic N) is 3. The highest BCUT2D eigenvalue weighted by molar-refractivity contribution is 9.10. The number of aromatic nitrogens is 3. The second kappa shape index (κ2) is 6.93. The summed E-state index contributed by atoms with van der Waals surface area (Å²) < 4.78 is 0.820. The van der Waals surface area contributed by atoms with Crippen molar-refractivity contribution in [3.8, 4) is 0 Å². The maximum absolute atomic E-state index is 13.1. The molecule has 5 rings (SSSR count). The molecule has 6 nitrogen and oxygen atoms in total. The van der Waals surface area contributed by atoms with E-state index in [1.54, 1.807) is 30.5 Å². The van der Waals surface area contributed by atoms with E-state index in [1.807, 2.05) is 36.4 Å². The maximum atomic E-state index is 13.1. The van der Waals surface area contributed by atoms with Crippen LogP contribution in [-0.4, -0.2) is 31.7 Å². The van der Waals surface area contributed by atoms with E-state index in [0.717, 1.165) is 15.6 Å². The summed E-state index contributed by atoms with van der Waals surface area (Å²) in [5.41, 5.74) is 3.13. The molecule has 0 bridgehead atoms. The molecule has 29 heavy (non-hydrogen) atoms. The molecule has 0 spiro atoms. The van der Waals surface area contributed by atoms with Gasteiger partial charge in [0.15, 0.2) is 5.65 Å². The average molecular weight is 447 g/mol. The molecule has 0 radical (unpaired) electrons. The Morgan fingerprint density at radius 2 is 1.62 bits per heavy atom. The molecule has 4 aromatic rings. The second-order valence-corrected chi connectivity index (χ2v) is 7.79. The van der Waals surface area contributed by atoms with Gasteiger partial charge in [-0.3, -0.25) is 14.5 Å². The normalized spacial score (nSPS) is 14.4. The zero-order valence-electron chi connectivity index (χ0n) is 15.2. The van der Waals surface area contributed by atoms with E-state index >= 15 is 0 Å². The first-order valence-electron chi connectivity index (χ1n) is 9.14. The minimum absolute atomic E-state index is 0.305. The molecular formula is C22H15BrN4O2. The predicted octanol–water partition coefficient (Wildman–Crippen LogP) is 4.30. The monoisotopic (exact) mass is 446 g/mol. The van der Waals surface area contributed by atoms with Crippen molar-refractivity contribution in [3.63, 3.8) is 0 Å². The molecule has 0 saturated heterocycles. The van der Waals surface area contributed by atoms with Crippen molar-refractivity contribution in [2.45, 2.75) is 12.5 Å². The lowest BCUT2D eigenvalue weighted by atomic mass is 10.0. The van der Waals surface area contributed by atoms with Crippen LogP contribution in [0, 0.1) is 0 Å². The van der Waals surface area contributed by atoms with Crippen molar-refractivity contribution in [3.05, 3.63) is 93.8 Å². The third kappa shape index (κ3) is 3.03. The molecule has 1 atom stereocenters. The summed E-state index contributed by atoms with van der Waals surface area (Å²) in [5.74, 6) is -0.0776. The molecule has 0 unspecified atom stereocenters. The Balaban J connectivity index is 1.62. The van der Waals surface area contributed by atoms with Gasteiger partial charge in [0.25, 0.3) is 11.8 Å². The topological polar surface area (TPSA) is 79.0 Å². The van der Waals surface area contributed by atoms with Gasteiger partial charge in [0.1, 0.15) is 11.9 Å². The first kappa shape index (κ1) is 17.8. The van der Waals surface area contributed by atoms with Crippen molar-refractivity contribution in [1.29, 1.82) is 0 Å². The SMILES string of the molecule is O=C1c2ccccc2C(=O)N1[C@@H](Cc1ccccc1)c1nc2ncc(Br)cc2[nH]1. The Morgan fingerprint density at radius 3 is 2.31 bits per heavy atom. The van der Waals surface area contributed by atoms with Gasteiger partial charge in [-0.15, -0.1) is 0 Å². The zero-order valence-corrected chi connectivity index (χ0v) is 16.8. The standard InChI is InChI=1S/C22H15BrN4O2/c23-14-11-17-19(24-12-14)26-20(25-17)18(10-13-6-2-1-3-7-13)27-21(28)15-8-4-5-9-16(15)22(27)29/h1-9,11-12,18H,10H2,(H,24,25,26)/t18-/m0/s1. The number of fused-ring (bicyclic) bond motifs is 2. The van der Waals surface area contributed by atoms with E-state index in [2.05, 4.69) is 30.9 Å². The minimum Gasteiger partial charge on any atom is -0.339 e. The molecule has 1 aliphatic rings. The van der Waals surface area contributed by atoms with Crippen LogP contribution in [0.15, 0.2) is 71.3 Å². The van der Waals surface area contributed by atoms with Gasteiger partial charge >= 0.3 is 0 Å². The molecular weight excluding hydrogens is 432 g/mol. The highest BCUT2D eigenvalue weighted by Gasteiger charge is 2.41. The summed E-state index contributed by atoms with van der Waals surface area (Å²) in [7, 11) is 0. The van der Waals surface area contributed by atoms with Crippen molar-refractivity contribution in [2.24, 2.45) is 0 Å². The van der Waals surface area contributed by atoms with Gasteiger partial charge in [0.2, 0.25) is 0 Å². The number of hydrogen-bond acceptors (Lipinski definition) is 4. The van der Waals surface area contributed by atoms with Gasteiger partial charge in [-0.05, 0) is 39.7 Å². The van der Waals surface area contributed by atoms with Gasteiger partial charge in [0, 0.05) is 17.1 Å². The molecule has 3 heterocycles. The number of carbonyl (C=O) groups is 2. The van der Waals surface area contributed by atoms with Gasteiger partial charge in [-0.1, -0.05) is 42.5 Å². The summed E-state index contributed by atoms with van der Waals surface area (Å²) >= 11 is 3.41. The van der Waals surface area contributed by atoms with Crippen LogP contribution in [-0.2, 0) is 6.42 Å². The Bertz CT molecular complexity index is 1220. The highest BCUT2D eigenvalue weighted by Crippen LogP contribution is 2.33. The molecule has 0 aliphatic carbocycles. The third-order valence-electron chi connectivity index (χ3n) is 5.05. The number of imide groups is 1. The molecule has 7 heteroatoms. The van der Waals surface area contributed by atoms with Crippen LogP contribution in [0.4, 0.5) is 0 Å². The van der Waals surface area contributed by atoms with Gasteiger partial charge in [0.05, 0.1) is 16.6 Å². The Morgan fingerprint density at radius 1 is 0.966 bits per heavy atom. The molecule has 142 valence electrons. The number of halogens is 1. The fourth-order valence-corrected chi connectivity index (χ4v) is 4.02. The quantitative estimate of drug-likeness (QED) is 0.474. The maximum Gasteiger partial charge on any atom is 0.262 e. The fourth-order valence-electron chi connectivity index (χ4n) is 3.69. The van der Waals surface area contributed by atoms with Crippen LogP contribution in [0.1, 0.15) is 38.1 Å². The highest BCUT2D eigenvalue weighted by atomic mass is 79.9. The Labute approximate surface area is 174 Å². The Hall–Kier alpha value is -3.32. The van der Waals surface area contributed by atoms with Crippen molar-refractivity contribution < 1.29 is 9.59 Å². The van der Waals surface area contributed by atoms with Crippen LogP contribution >= 0.6 is 15.9 Å². The van der Waals surface area contributed by atoms with Gasteiger partial charge < -0.3 is 4.98 Å². The fraction of sp³-hybridized carbons (Fsp3) is 0.0909. The van der Waals surface area contributed by atoms with E-state index < -0.39 is 6.04 Å². The minimum atomic E-state index is -0.572. The first-order chi connectivity index (χ1) is 14.1. The average Bonchev–Trinajstić information content (AvgIpc) is 3.26. The Kier molecular flexibility index (Phi) is 4.24. The van der Waals surface area contributed by atoms with Crippen LogP contribution in [0.3, 0.4) is 0 Å². The molecule has 2 aromatic heterocycles. The lowest BCUT2D eigenvalue weighted by Crippen LogP contribution is -2.36. The van der Waals surface area contributed by atoms with Crippen LogP contribution < -0.4 is 0 Å². The molecule has 1 aliphatic heterocycles. The van der Waals surface area contributed by atoms with Crippen molar-refractivity contribution >= 4 is 38.9 Å². The van der Waals surface area contributed by atoms with Crippen molar-refractivity contribution in [1.82, 2.24) is 19.9 Å². The van der Waals surface area contributed by atoms with Crippen LogP contribution in [0.25, 0.3) is 11.2 Å². The lowest BCUT2D eigenvalue weighted by Gasteiger charge is -2.24. The van der Waals surface area contributed by atoms with E-state index in [1.165, 1.54) is 4.90 Å². The van der Waals surface area contributed by atoms with E-state index in [0.29, 0.717) is 29.0 Å². The number of hydrogen-bond donors (Lipinski definition) is 1. The molecule has 2 amide bonds. The van der Waals surface area contributed by atoms with Crippen molar-refractivity contribution in [2.75, 3.05) is 0 Å². The number of carbonyl (C=O) groups excluding carboxylic acids is 2. The van der Waals surface area contributed by atoms with Crippen LogP contribution in [0.5, 0.6) is 0 Å². The number of pyridine rings is 1. The number of benzene rings is 2. The molecule has 2 aromatic carbocycles. The summed E-state index contributed by atoms with van der Waals surface area (Å²) in [6.45, 7) is 0. The zero-order chi connectivity index (χ0) is 20.0. The first-order valence-corrected chi connectivity index (χ1v) is 9.93. The van der Waals surface area contributed by atoms with Gasteiger partial charge in [-0.25, -0.2) is 9.97 Å². The van der Waals surface area contributed by atoms with E-state index in [9.17, 15) is 9.59 Å². The largest absolute Gasteiger partial charge is 0.339 e. The summed E-state index contributed by atoms with van der Waals surface area (Å²) in [6, 6.07) is 18.0. The summed E-state index contributed by atoms with van der Waals surface area (Å²) in [6.07, 6.45) is 2.12. The number of aromatic amines is 1. The summed E-state index contributed by atoms with van der Waals surface area (Å²) in [5, 5.41) is 0. The molecule has 0 fully saturated rings. The smallest absolute Gasteiger partial charge is 0.262 e. The van der Waals surface area contributed by atoms with E-state index in [-0.39, 0.29) is 11.8 Å². The second-order valence-electron chi connectivity index (χ2n) is 6.88. The van der Waals surface area contributed by atoms with Crippen LogP contribution in [0.2, 0.25) is 0 Å². The number of rotatable bonds is 4. The predicted molar refractivity (Wildman–Crippen MR) is 111 cm³/mol. The molecule has 1 N–H and O–H groups in total. The third-order valence-corrected chi connectivity index (χ3v) is 5.48. The number of amides is 2. The molecule has 0 saturated carbocycles. The lowest BCUT2D eigenvalue weighted by molar-refractivity contribution is 0.0575. The summed E-state index contributed by atoms with van der Waals surface area (Å²) in [4.78, 5) is 39.7. The van der Waals surface area contributed by atoms with Gasteiger partial charge in [-0.2, -0.15) is 0 Å². The number of nitrogens with one attached hydrogen (secondary N) is 1. The number of H-pyrrole nitrogens is 1.